The van der Waals surface area contributed by atoms with Crippen molar-refractivity contribution in [1.29, 1.82) is 0 Å². The Labute approximate surface area is 162 Å². The number of carbonyl (C=O) groups is 3. The molecule has 5 nitrogen and oxygen atoms in total. The van der Waals surface area contributed by atoms with Crippen molar-refractivity contribution in [3.63, 3.8) is 0 Å². The molecular formula is C22H21FN2O3. The van der Waals surface area contributed by atoms with Gasteiger partial charge in [-0.15, -0.1) is 0 Å². The molecule has 1 aliphatic heterocycles. The van der Waals surface area contributed by atoms with Crippen LogP contribution in [-0.2, 0) is 10.2 Å². The lowest BCUT2D eigenvalue weighted by atomic mass is 9.96. The van der Waals surface area contributed by atoms with Crippen LogP contribution in [0.1, 0.15) is 52.0 Å². The molecule has 6 heteroatoms. The molecule has 28 heavy (non-hydrogen) atoms. The molecule has 1 heterocycles. The van der Waals surface area contributed by atoms with Gasteiger partial charge >= 0.3 is 0 Å². The Balaban J connectivity index is 1.25. The highest BCUT2D eigenvalue weighted by Gasteiger charge is 2.44. The number of nitrogens with one attached hydrogen (secondary N) is 1. The Morgan fingerprint density at radius 3 is 2.18 bits per heavy atom. The molecule has 1 N–H and O–H groups in total. The molecular weight excluding hydrogens is 359 g/mol. The lowest BCUT2D eigenvalue weighted by Gasteiger charge is -2.17. The highest BCUT2D eigenvalue weighted by atomic mass is 19.1. The van der Waals surface area contributed by atoms with Crippen molar-refractivity contribution in [2.75, 3.05) is 13.1 Å². The van der Waals surface area contributed by atoms with Gasteiger partial charge in [0, 0.05) is 24.9 Å². The Bertz CT molecular complexity index is 900. The highest BCUT2D eigenvalue weighted by Crippen LogP contribution is 2.47. The van der Waals surface area contributed by atoms with Gasteiger partial charge in [-0.2, -0.15) is 0 Å². The SMILES string of the molecule is O=C(CCCN1C(=O)c2ccccc2C1=O)NCC1(c2ccc(F)cc2)CC1. The molecule has 0 saturated heterocycles. The Hall–Kier alpha value is -3.02. The molecule has 0 spiro atoms. The van der Waals surface area contributed by atoms with Crippen molar-refractivity contribution >= 4 is 17.7 Å². The van der Waals surface area contributed by atoms with Crippen LogP contribution in [-0.4, -0.2) is 35.7 Å². The predicted octanol–water partition coefficient (Wildman–Crippen LogP) is 3.05. The molecule has 2 aliphatic rings. The third-order valence-corrected chi connectivity index (χ3v) is 5.60. The monoisotopic (exact) mass is 380 g/mol. The normalized spacial score (nSPS) is 16.8. The van der Waals surface area contributed by atoms with Gasteiger partial charge in [0.25, 0.3) is 11.8 Å². The van der Waals surface area contributed by atoms with Crippen LogP contribution >= 0.6 is 0 Å². The van der Waals surface area contributed by atoms with Crippen LogP contribution in [0.2, 0.25) is 0 Å². The predicted molar refractivity (Wildman–Crippen MR) is 101 cm³/mol. The van der Waals surface area contributed by atoms with E-state index in [1.807, 2.05) is 0 Å². The van der Waals surface area contributed by atoms with E-state index in [-0.39, 0.29) is 41.9 Å². The lowest BCUT2D eigenvalue weighted by molar-refractivity contribution is -0.121. The number of nitrogens with zero attached hydrogens (tertiary/aromatic N) is 1. The molecule has 2 aromatic rings. The molecule has 0 radical (unpaired) electrons. The van der Waals surface area contributed by atoms with Gasteiger partial charge in [-0.25, -0.2) is 4.39 Å². The van der Waals surface area contributed by atoms with Gasteiger partial charge < -0.3 is 5.32 Å². The summed E-state index contributed by atoms with van der Waals surface area (Å²) >= 11 is 0. The van der Waals surface area contributed by atoms with Crippen molar-refractivity contribution in [3.8, 4) is 0 Å². The van der Waals surface area contributed by atoms with Gasteiger partial charge in [0.15, 0.2) is 0 Å². The molecule has 0 aromatic heterocycles. The standard InChI is InChI=1S/C22H21FN2O3/c23-16-9-7-15(8-10-16)22(11-12-22)14-24-19(26)6-3-13-25-20(27)17-4-1-2-5-18(17)21(25)28/h1-2,4-5,7-10H,3,6,11-14H2,(H,24,26). The van der Waals surface area contributed by atoms with Crippen molar-refractivity contribution in [2.24, 2.45) is 0 Å². The Morgan fingerprint density at radius 2 is 1.61 bits per heavy atom. The summed E-state index contributed by atoms with van der Waals surface area (Å²) in [6.45, 7) is 0.743. The van der Waals surface area contributed by atoms with Gasteiger partial charge in [0.2, 0.25) is 5.91 Å². The van der Waals surface area contributed by atoms with Crippen LogP contribution in [0.5, 0.6) is 0 Å². The molecule has 144 valence electrons. The zero-order valence-corrected chi connectivity index (χ0v) is 15.4. The van der Waals surface area contributed by atoms with Crippen molar-refractivity contribution < 1.29 is 18.8 Å². The van der Waals surface area contributed by atoms with Crippen molar-refractivity contribution in [2.45, 2.75) is 31.1 Å². The fraction of sp³-hybridized carbons (Fsp3) is 0.318. The summed E-state index contributed by atoms with van der Waals surface area (Å²) in [6, 6.07) is 13.2. The van der Waals surface area contributed by atoms with Gasteiger partial charge in [-0.3, -0.25) is 19.3 Å². The van der Waals surface area contributed by atoms with Crippen LogP contribution in [0, 0.1) is 5.82 Å². The summed E-state index contributed by atoms with van der Waals surface area (Å²) < 4.78 is 13.1. The van der Waals surface area contributed by atoms with E-state index < -0.39 is 0 Å². The maximum Gasteiger partial charge on any atom is 0.261 e. The molecule has 0 atom stereocenters. The molecule has 2 aromatic carbocycles. The first kappa shape index (κ1) is 18.3. The average molecular weight is 380 g/mol. The minimum absolute atomic E-state index is 0.0914. The first-order valence-electron chi connectivity index (χ1n) is 9.48. The second-order valence-electron chi connectivity index (χ2n) is 7.48. The van der Waals surface area contributed by atoms with Crippen LogP contribution < -0.4 is 5.32 Å². The number of imide groups is 1. The molecule has 1 saturated carbocycles. The fourth-order valence-corrected chi connectivity index (χ4v) is 3.72. The lowest BCUT2D eigenvalue weighted by Crippen LogP contribution is -2.34. The maximum atomic E-state index is 13.1. The molecule has 0 unspecified atom stereocenters. The molecule has 0 bridgehead atoms. The second kappa shape index (κ2) is 7.19. The fourth-order valence-electron chi connectivity index (χ4n) is 3.72. The van der Waals surface area contributed by atoms with E-state index in [2.05, 4.69) is 5.32 Å². The molecule has 4 rings (SSSR count). The quantitative estimate of drug-likeness (QED) is 0.751. The smallest absolute Gasteiger partial charge is 0.261 e. The van der Waals surface area contributed by atoms with Gasteiger partial charge in [-0.05, 0) is 49.1 Å². The summed E-state index contributed by atoms with van der Waals surface area (Å²) in [7, 11) is 0. The van der Waals surface area contributed by atoms with E-state index in [0.717, 1.165) is 18.4 Å². The van der Waals surface area contributed by atoms with Crippen LogP contribution in [0.3, 0.4) is 0 Å². The highest BCUT2D eigenvalue weighted by molar-refractivity contribution is 6.21. The second-order valence-corrected chi connectivity index (χ2v) is 7.48. The van der Waals surface area contributed by atoms with Crippen LogP contribution in [0.4, 0.5) is 4.39 Å². The molecule has 1 aliphatic carbocycles. The summed E-state index contributed by atoms with van der Waals surface area (Å²) in [5.74, 6) is -0.967. The maximum absolute atomic E-state index is 13.1. The number of halogens is 1. The summed E-state index contributed by atoms with van der Waals surface area (Å²) in [5.41, 5.74) is 1.80. The summed E-state index contributed by atoms with van der Waals surface area (Å²) in [6.07, 6.45) is 2.59. The van der Waals surface area contributed by atoms with Gasteiger partial charge in [-0.1, -0.05) is 24.3 Å². The number of amides is 3. The first-order chi connectivity index (χ1) is 13.5. The van der Waals surface area contributed by atoms with Crippen molar-refractivity contribution in [3.05, 3.63) is 71.0 Å². The third-order valence-electron chi connectivity index (χ3n) is 5.60. The number of hydrogen-bond acceptors (Lipinski definition) is 3. The zero-order valence-electron chi connectivity index (χ0n) is 15.4. The van der Waals surface area contributed by atoms with E-state index in [0.29, 0.717) is 24.1 Å². The average Bonchev–Trinajstić information content (AvgIpc) is 3.46. The largest absolute Gasteiger partial charge is 0.355 e. The first-order valence-corrected chi connectivity index (χ1v) is 9.48. The minimum atomic E-state index is -0.297. The van der Waals surface area contributed by atoms with E-state index >= 15 is 0 Å². The number of benzene rings is 2. The molecule has 3 amide bonds. The van der Waals surface area contributed by atoms with Crippen LogP contribution in [0.15, 0.2) is 48.5 Å². The topological polar surface area (TPSA) is 66.5 Å². The van der Waals surface area contributed by atoms with Crippen molar-refractivity contribution in [1.82, 2.24) is 10.2 Å². The minimum Gasteiger partial charge on any atom is -0.355 e. The zero-order chi connectivity index (χ0) is 19.7. The van der Waals surface area contributed by atoms with E-state index in [1.165, 1.54) is 17.0 Å². The Morgan fingerprint density at radius 1 is 1.00 bits per heavy atom. The van der Waals surface area contributed by atoms with Crippen LogP contribution in [0.25, 0.3) is 0 Å². The number of rotatable bonds is 7. The number of hydrogen-bond donors (Lipinski definition) is 1. The number of carbonyl (C=O) groups excluding carboxylic acids is 3. The summed E-state index contributed by atoms with van der Waals surface area (Å²) in [5, 5.41) is 2.94. The number of fused-ring (bicyclic) bond motifs is 1. The van der Waals surface area contributed by atoms with Gasteiger partial charge in [0.05, 0.1) is 11.1 Å². The Kier molecular flexibility index (Phi) is 4.71. The van der Waals surface area contributed by atoms with E-state index in [4.69, 9.17) is 0 Å². The summed E-state index contributed by atoms with van der Waals surface area (Å²) in [4.78, 5) is 38.0. The third kappa shape index (κ3) is 3.42. The van der Waals surface area contributed by atoms with Gasteiger partial charge in [0.1, 0.15) is 5.82 Å². The molecule has 1 fully saturated rings. The van der Waals surface area contributed by atoms with E-state index in [1.54, 1.807) is 36.4 Å². The van der Waals surface area contributed by atoms with E-state index in [9.17, 15) is 18.8 Å².